The number of hydrogen-bond acceptors (Lipinski definition) is 6. The number of rotatable bonds is 4. The molecule has 0 bridgehead atoms. The molecule has 124 valence electrons. The molecule has 0 spiro atoms. The molecule has 5 nitrogen and oxygen atoms in total. The smallest absolute Gasteiger partial charge is 0.237 e. The normalized spacial score (nSPS) is 22.8. The second kappa shape index (κ2) is 7.27. The first-order valence-electron chi connectivity index (χ1n) is 7.43. The van der Waals surface area contributed by atoms with Gasteiger partial charge in [-0.25, -0.2) is 8.42 Å². The van der Waals surface area contributed by atoms with E-state index in [0.717, 1.165) is 22.4 Å². The first-order valence-corrected chi connectivity index (χ1v) is 11.2. The van der Waals surface area contributed by atoms with E-state index < -0.39 is 9.84 Å². The van der Waals surface area contributed by atoms with Gasteiger partial charge in [-0.15, -0.1) is 0 Å². The van der Waals surface area contributed by atoms with Crippen LogP contribution >= 0.6 is 23.5 Å². The van der Waals surface area contributed by atoms with Crippen LogP contribution in [0.25, 0.3) is 0 Å². The van der Waals surface area contributed by atoms with Gasteiger partial charge in [-0.1, -0.05) is 41.7 Å². The Morgan fingerprint density at radius 1 is 1.35 bits per heavy atom. The van der Waals surface area contributed by atoms with Crippen molar-refractivity contribution in [3.63, 3.8) is 0 Å². The average molecular weight is 371 g/mol. The van der Waals surface area contributed by atoms with Gasteiger partial charge in [0, 0.05) is 11.4 Å². The van der Waals surface area contributed by atoms with Gasteiger partial charge in [-0.05, 0) is 18.6 Å². The largest absolute Gasteiger partial charge is 0.308 e. The molecule has 0 unspecified atom stereocenters. The van der Waals surface area contributed by atoms with Crippen molar-refractivity contribution in [1.29, 1.82) is 0 Å². The first kappa shape index (κ1) is 16.9. The van der Waals surface area contributed by atoms with E-state index in [1.807, 2.05) is 30.3 Å². The number of anilines is 1. The summed E-state index contributed by atoms with van der Waals surface area (Å²) in [6.07, 6.45) is 0.503. The van der Waals surface area contributed by atoms with Gasteiger partial charge in [0.15, 0.2) is 9.84 Å². The fraction of sp³-hybridized carbons (Fsp3) is 0.467. The molecule has 0 radical (unpaired) electrons. The Labute approximate surface area is 144 Å². The quantitative estimate of drug-likeness (QED) is 0.811. The van der Waals surface area contributed by atoms with Crippen LogP contribution in [0.3, 0.4) is 0 Å². The van der Waals surface area contributed by atoms with Crippen LogP contribution in [0.5, 0.6) is 0 Å². The van der Waals surface area contributed by atoms with Crippen molar-refractivity contribution in [2.45, 2.75) is 12.5 Å². The Morgan fingerprint density at radius 3 is 2.74 bits per heavy atom. The predicted octanol–water partition coefficient (Wildman–Crippen LogP) is 2.04. The maximum atomic E-state index is 12.7. The standard InChI is InChI=1S/C15H18N2O3S3/c18-14(10-22-15-16-7-8-21-15)17(12-4-2-1-3-5-12)13-6-9-23(19,20)11-13/h1-5,13H,6-11H2/t13-/m0/s1. The molecular formula is C15H18N2O3S3. The Kier molecular flexibility index (Phi) is 5.33. The van der Waals surface area contributed by atoms with E-state index in [1.54, 1.807) is 16.7 Å². The maximum absolute atomic E-state index is 12.7. The van der Waals surface area contributed by atoms with Crippen LogP contribution in [0.2, 0.25) is 0 Å². The average Bonchev–Trinajstić information content (AvgIpc) is 3.16. The predicted molar refractivity (Wildman–Crippen MR) is 98.2 cm³/mol. The van der Waals surface area contributed by atoms with E-state index in [0.29, 0.717) is 6.42 Å². The molecule has 1 saturated heterocycles. The SMILES string of the molecule is O=C(CSC1=NCCS1)N(c1ccccc1)[C@H]1CCS(=O)(=O)C1. The molecule has 2 heterocycles. The molecule has 23 heavy (non-hydrogen) atoms. The van der Waals surface area contributed by atoms with Crippen LogP contribution < -0.4 is 4.90 Å². The lowest BCUT2D eigenvalue weighted by Crippen LogP contribution is -2.42. The lowest BCUT2D eigenvalue weighted by molar-refractivity contribution is -0.116. The fourth-order valence-corrected chi connectivity index (χ4v) is 6.29. The molecule has 1 aromatic rings. The number of thioether (sulfide) groups is 2. The van der Waals surface area contributed by atoms with E-state index in [9.17, 15) is 13.2 Å². The molecule has 2 aliphatic heterocycles. The summed E-state index contributed by atoms with van der Waals surface area (Å²) in [5.74, 6) is 1.41. The van der Waals surface area contributed by atoms with Crippen molar-refractivity contribution < 1.29 is 13.2 Å². The van der Waals surface area contributed by atoms with Gasteiger partial charge in [0.05, 0.1) is 29.8 Å². The van der Waals surface area contributed by atoms with Crippen LogP contribution in [0.4, 0.5) is 5.69 Å². The van der Waals surface area contributed by atoms with Gasteiger partial charge in [0.1, 0.15) is 4.38 Å². The molecule has 0 N–H and O–H groups in total. The summed E-state index contributed by atoms with van der Waals surface area (Å²) in [7, 11) is -3.04. The zero-order valence-electron chi connectivity index (χ0n) is 12.6. The minimum Gasteiger partial charge on any atom is -0.308 e. The summed E-state index contributed by atoms with van der Waals surface area (Å²) in [4.78, 5) is 18.7. The number of nitrogens with zero attached hydrogens (tertiary/aromatic N) is 2. The van der Waals surface area contributed by atoms with E-state index in [1.165, 1.54) is 11.8 Å². The molecule has 8 heteroatoms. The zero-order valence-corrected chi connectivity index (χ0v) is 15.0. The van der Waals surface area contributed by atoms with Crippen LogP contribution in [0.15, 0.2) is 35.3 Å². The number of para-hydroxylation sites is 1. The molecule has 1 amide bonds. The second-order valence-electron chi connectivity index (χ2n) is 5.44. The van der Waals surface area contributed by atoms with Crippen LogP contribution in [-0.2, 0) is 14.6 Å². The summed E-state index contributed by atoms with van der Waals surface area (Å²) in [6, 6.07) is 9.06. The molecule has 1 fully saturated rings. The molecule has 2 aliphatic rings. The zero-order chi connectivity index (χ0) is 16.3. The van der Waals surface area contributed by atoms with E-state index in [4.69, 9.17) is 0 Å². The molecular weight excluding hydrogens is 352 g/mol. The third-order valence-corrected chi connectivity index (χ3v) is 7.74. The topological polar surface area (TPSA) is 66.8 Å². The number of carbonyl (C=O) groups is 1. The number of benzene rings is 1. The van der Waals surface area contributed by atoms with Gasteiger partial charge in [0.25, 0.3) is 0 Å². The molecule has 0 saturated carbocycles. The monoisotopic (exact) mass is 370 g/mol. The van der Waals surface area contributed by atoms with E-state index in [-0.39, 0.29) is 29.2 Å². The first-order chi connectivity index (χ1) is 11.1. The summed E-state index contributed by atoms with van der Waals surface area (Å²) < 4.78 is 24.6. The summed E-state index contributed by atoms with van der Waals surface area (Å²) in [5, 5.41) is 0. The highest BCUT2D eigenvalue weighted by atomic mass is 32.2. The van der Waals surface area contributed by atoms with Gasteiger partial charge >= 0.3 is 0 Å². The van der Waals surface area contributed by atoms with E-state index in [2.05, 4.69) is 4.99 Å². The minimum atomic E-state index is -3.04. The lowest BCUT2D eigenvalue weighted by Gasteiger charge is -2.28. The van der Waals surface area contributed by atoms with Gasteiger partial charge < -0.3 is 4.90 Å². The maximum Gasteiger partial charge on any atom is 0.237 e. The number of hydrogen-bond donors (Lipinski definition) is 0. The second-order valence-corrected chi connectivity index (χ2v) is 9.98. The van der Waals surface area contributed by atoms with Crippen LogP contribution in [-0.4, -0.2) is 54.3 Å². The fourth-order valence-electron chi connectivity index (χ4n) is 2.72. The lowest BCUT2D eigenvalue weighted by atomic mass is 10.2. The number of aliphatic imine (C=N–C) groups is 1. The number of amides is 1. The number of sulfone groups is 1. The summed E-state index contributed by atoms with van der Waals surface area (Å²) >= 11 is 3.12. The third kappa shape index (κ3) is 4.30. The van der Waals surface area contributed by atoms with Crippen LogP contribution in [0, 0.1) is 0 Å². The highest BCUT2D eigenvalue weighted by molar-refractivity contribution is 8.39. The Bertz CT molecular complexity index is 704. The molecule has 3 rings (SSSR count). The highest BCUT2D eigenvalue weighted by Crippen LogP contribution is 2.27. The van der Waals surface area contributed by atoms with Gasteiger partial charge in [-0.2, -0.15) is 0 Å². The Morgan fingerprint density at radius 2 is 2.13 bits per heavy atom. The van der Waals surface area contributed by atoms with Crippen molar-refractivity contribution in [1.82, 2.24) is 0 Å². The summed E-state index contributed by atoms with van der Waals surface area (Å²) in [5.41, 5.74) is 0.765. The molecule has 0 aliphatic carbocycles. The van der Waals surface area contributed by atoms with Crippen molar-refractivity contribution in [3.8, 4) is 0 Å². The Balaban J connectivity index is 1.76. The summed E-state index contributed by atoms with van der Waals surface area (Å²) in [6.45, 7) is 0.810. The van der Waals surface area contributed by atoms with Crippen molar-refractivity contribution >= 4 is 49.3 Å². The highest BCUT2D eigenvalue weighted by Gasteiger charge is 2.35. The Hall–Kier alpha value is -0.990. The van der Waals surface area contributed by atoms with Gasteiger partial charge in [-0.3, -0.25) is 9.79 Å². The van der Waals surface area contributed by atoms with Crippen molar-refractivity contribution in [3.05, 3.63) is 30.3 Å². The minimum absolute atomic E-state index is 0.0496. The number of carbonyl (C=O) groups excluding carboxylic acids is 1. The van der Waals surface area contributed by atoms with Crippen molar-refractivity contribution in [2.24, 2.45) is 4.99 Å². The van der Waals surface area contributed by atoms with Crippen molar-refractivity contribution in [2.75, 3.05) is 34.5 Å². The molecule has 1 aromatic carbocycles. The van der Waals surface area contributed by atoms with Crippen LogP contribution in [0.1, 0.15) is 6.42 Å². The van der Waals surface area contributed by atoms with Gasteiger partial charge in [0.2, 0.25) is 5.91 Å². The molecule has 0 aromatic heterocycles. The molecule has 1 atom stereocenters. The third-order valence-electron chi connectivity index (χ3n) is 3.75. The van der Waals surface area contributed by atoms with E-state index >= 15 is 0 Å².